The Kier molecular flexibility index (Phi) is 44.5. The number of phosphoric ester groups is 1. The maximum absolute atomic E-state index is 12.7. The number of ether oxygens (including phenoxy) is 2. The van der Waals surface area contributed by atoms with E-state index in [0.29, 0.717) is 12.8 Å². The van der Waals surface area contributed by atoms with Crippen molar-refractivity contribution >= 4 is 25.7 Å². The number of hydrogen-bond donors (Lipinski definition) is 3. The van der Waals surface area contributed by atoms with Crippen LogP contribution in [0.1, 0.15) is 258 Å². The number of allylic oxidation sites excluding steroid dienone is 2. The van der Waals surface area contributed by atoms with Crippen LogP contribution in [0.5, 0.6) is 0 Å². The third kappa shape index (κ3) is 44.8. The monoisotopic (exact) mass is 902 g/mol. The summed E-state index contributed by atoms with van der Waals surface area (Å²) >= 11 is 0. The third-order valence-corrected chi connectivity index (χ3v) is 12.5. The molecule has 12 heteroatoms. The first-order valence-corrected chi connectivity index (χ1v) is 27.2. The average Bonchev–Trinajstić information content (AvgIpc) is 3.25. The molecular weight excluding hydrogens is 806 g/mol. The standard InChI is InChI=1S/C50H96NO10P/c1-3-5-7-9-11-13-15-17-19-21-22-23-24-26-27-29-31-33-35-37-39-41-48(52)58-43-46(44-59-62(56,57)60-45-47(51)50(54)55)61-49(53)42-40-38-36-34-32-30-28-25-20-18-16-14-12-10-8-6-4-2/h18,20,46-47H,3-17,19,21-45,51H2,1-2H3,(H,54,55)(H,56,57)/b20-18-. The zero-order chi connectivity index (χ0) is 45.6. The van der Waals surface area contributed by atoms with Crippen LogP contribution >= 0.6 is 7.82 Å². The third-order valence-electron chi connectivity index (χ3n) is 11.5. The lowest BCUT2D eigenvalue weighted by Gasteiger charge is -2.20. The lowest BCUT2D eigenvalue weighted by Crippen LogP contribution is -2.34. The number of unbranched alkanes of at least 4 members (excludes halogenated alkanes) is 33. The van der Waals surface area contributed by atoms with Crippen molar-refractivity contribution in [2.45, 2.75) is 270 Å². The van der Waals surface area contributed by atoms with Crippen LogP contribution in [0, 0.1) is 0 Å². The molecule has 3 atom stereocenters. The van der Waals surface area contributed by atoms with Gasteiger partial charge >= 0.3 is 25.7 Å². The summed E-state index contributed by atoms with van der Waals surface area (Å²) in [5, 5.41) is 8.92. The quantitative estimate of drug-likeness (QED) is 0.0230. The molecule has 0 fully saturated rings. The molecule has 0 aromatic rings. The number of carboxylic acid groups (broad SMARTS) is 1. The number of rotatable bonds is 49. The van der Waals surface area contributed by atoms with Gasteiger partial charge in [-0.05, 0) is 38.5 Å². The number of carboxylic acids is 1. The molecule has 62 heavy (non-hydrogen) atoms. The largest absolute Gasteiger partial charge is 0.480 e. The van der Waals surface area contributed by atoms with Crippen LogP contribution in [0.4, 0.5) is 0 Å². The summed E-state index contributed by atoms with van der Waals surface area (Å²) in [6.45, 7) is 2.85. The molecule has 0 saturated heterocycles. The van der Waals surface area contributed by atoms with Crippen molar-refractivity contribution in [2.75, 3.05) is 19.8 Å². The van der Waals surface area contributed by atoms with Gasteiger partial charge < -0.3 is 25.2 Å². The highest BCUT2D eigenvalue weighted by atomic mass is 31.2. The van der Waals surface area contributed by atoms with E-state index in [1.165, 1.54) is 173 Å². The lowest BCUT2D eigenvalue weighted by molar-refractivity contribution is -0.161. The maximum Gasteiger partial charge on any atom is 0.472 e. The second kappa shape index (κ2) is 45.8. The highest BCUT2D eigenvalue weighted by molar-refractivity contribution is 7.47. The van der Waals surface area contributed by atoms with Crippen molar-refractivity contribution in [1.29, 1.82) is 0 Å². The second-order valence-corrected chi connectivity index (χ2v) is 19.1. The van der Waals surface area contributed by atoms with Crippen molar-refractivity contribution in [1.82, 2.24) is 0 Å². The predicted octanol–water partition coefficient (Wildman–Crippen LogP) is 14.4. The Morgan fingerprint density at radius 3 is 1.18 bits per heavy atom. The van der Waals surface area contributed by atoms with Gasteiger partial charge in [-0.25, -0.2) is 4.57 Å². The van der Waals surface area contributed by atoms with Crippen molar-refractivity contribution in [3.8, 4) is 0 Å². The van der Waals surface area contributed by atoms with E-state index in [-0.39, 0.29) is 19.4 Å². The first kappa shape index (κ1) is 60.2. The van der Waals surface area contributed by atoms with Crippen LogP contribution in [0.2, 0.25) is 0 Å². The van der Waals surface area contributed by atoms with Crippen LogP contribution in [0.15, 0.2) is 12.2 Å². The smallest absolute Gasteiger partial charge is 0.472 e. The van der Waals surface area contributed by atoms with E-state index in [2.05, 4.69) is 30.5 Å². The Morgan fingerprint density at radius 1 is 0.484 bits per heavy atom. The molecule has 11 nitrogen and oxygen atoms in total. The number of nitrogens with two attached hydrogens (primary N) is 1. The molecule has 0 aromatic carbocycles. The number of carbonyl (C=O) groups is 3. The van der Waals surface area contributed by atoms with Gasteiger partial charge in [0.05, 0.1) is 13.2 Å². The molecule has 366 valence electrons. The van der Waals surface area contributed by atoms with E-state index in [1.807, 2.05) is 0 Å². The van der Waals surface area contributed by atoms with Gasteiger partial charge in [-0.15, -0.1) is 0 Å². The summed E-state index contributed by atoms with van der Waals surface area (Å²) in [6.07, 6.45) is 48.5. The summed E-state index contributed by atoms with van der Waals surface area (Å²) in [5.41, 5.74) is 5.35. The molecular formula is C50H96NO10P. The minimum Gasteiger partial charge on any atom is -0.480 e. The van der Waals surface area contributed by atoms with Crippen LogP contribution in [0.3, 0.4) is 0 Å². The Morgan fingerprint density at radius 2 is 0.806 bits per heavy atom. The van der Waals surface area contributed by atoms with Crippen molar-refractivity contribution in [2.24, 2.45) is 5.73 Å². The fraction of sp³-hybridized carbons (Fsp3) is 0.900. The van der Waals surface area contributed by atoms with E-state index < -0.39 is 51.1 Å². The summed E-state index contributed by atoms with van der Waals surface area (Å²) in [5.74, 6) is -2.36. The van der Waals surface area contributed by atoms with Gasteiger partial charge in [0, 0.05) is 12.8 Å². The normalized spacial score (nSPS) is 13.6. The molecule has 0 spiro atoms. The van der Waals surface area contributed by atoms with Crippen molar-refractivity contribution < 1.29 is 47.5 Å². The van der Waals surface area contributed by atoms with Gasteiger partial charge in [-0.3, -0.25) is 23.4 Å². The van der Waals surface area contributed by atoms with Gasteiger partial charge in [0.25, 0.3) is 0 Å². The fourth-order valence-electron chi connectivity index (χ4n) is 7.47. The van der Waals surface area contributed by atoms with Crippen LogP contribution in [-0.2, 0) is 37.5 Å². The maximum atomic E-state index is 12.7. The summed E-state index contributed by atoms with van der Waals surface area (Å²) < 4.78 is 32.8. The van der Waals surface area contributed by atoms with E-state index in [4.69, 9.17) is 24.8 Å². The molecule has 0 bridgehead atoms. The summed E-state index contributed by atoms with van der Waals surface area (Å²) in [6, 6.07) is -1.52. The minimum absolute atomic E-state index is 0.161. The molecule has 0 aliphatic heterocycles. The van der Waals surface area contributed by atoms with Crippen LogP contribution < -0.4 is 5.73 Å². The Balaban J connectivity index is 4.20. The highest BCUT2D eigenvalue weighted by Crippen LogP contribution is 2.43. The first-order chi connectivity index (χ1) is 30.1. The van der Waals surface area contributed by atoms with Gasteiger partial charge in [-0.1, -0.05) is 219 Å². The fourth-order valence-corrected chi connectivity index (χ4v) is 8.25. The molecule has 0 saturated carbocycles. The Hall–Kier alpha value is -1.78. The second-order valence-electron chi connectivity index (χ2n) is 17.7. The minimum atomic E-state index is -4.72. The predicted molar refractivity (Wildman–Crippen MR) is 254 cm³/mol. The molecule has 4 N–H and O–H groups in total. The lowest BCUT2D eigenvalue weighted by atomic mass is 10.0. The van der Waals surface area contributed by atoms with Gasteiger partial charge in [-0.2, -0.15) is 0 Å². The van der Waals surface area contributed by atoms with Crippen molar-refractivity contribution in [3.05, 3.63) is 12.2 Å². The van der Waals surface area contributed by atoms with Crippen LogP contribution in [-0.4, -0.2) is 59.9 Å². The van der Waals surface area contributed by atoms with E-state index in [9.17, 15) is 23.8 Å². The summed E-state index contributed by atoms with van der Waals surface area (Å²) in [7, 11) is -4.72. The average molecular weight is 902 g/mol. The number of hydrogen-bond acceptors (Lipinski definition) is 9. The number of phosphoric acid groups is 1. The molecule has 0 radical (unpaired) electrons. The highest BCUT2D eigenvalue weighted by Gasteiger charge is 2.28. The summed E-state index contributed by atoms with van der Waals surface area (Å²) in [4.78, 5) is 46.2. The molecule has 0 aliphatic rings. The topological polar surface area (TPSA) is 172 Å². The zero-order valence-corrected chi connectivity index (χ0v) is 40.9. The van der Waals surface area contributed by atoms with Gasteiger partial charge in [0.15, 0.2) is 6.10 Å². The SMILES string of the molecule is CCCCCCCC/C=C\CCCCCCCCCC(=O)OC(COC(=O)CCCCCCCCCCCCCCCCCCCCCCC)COP(=O)(O)OCC(N)C(=O)O. The molecule has 0 heterocycles. The Labute approximate surface area is 379 Å². The molecule has 0 aliphatic carbocycles. The Bertz CT molecular complexity index is 1110. The molecule has 3 unspecified atom stereocenters. The van der Waals surface area contributed by atoms with E-state index in [1.54, 1.807) is 0 Å². The van der Waals surface area contributed by atoms with Gasteiger partial charge in [0.1, 0.15) is 12.6 Å². The number of carbonyl (C=O) groups excluding carboxylic acids is 2. The number of esters is 2. The van der Waals surface area contributed by atoms with Gasteiger partial charge in [0.2, 0.25) is 0 Å². The van der Waals surface area contributed by atoms with Crippen molar-refractivity contribution in [3.63, 3.8) is 0 Å². The zero-order valence-electron chi connectivity index (χ0n) is 40.0. The van der Waals surface area contributed by atoms with Crippen LogP contribution in [0.25, 0.3) is 0 Å². The first-order valence-electron chi connectivity index (χ1n) is 25.7. The molecule has 0 amide bonds. The molecule has 0 aromatic heterocycles. The molecule has 0 rings (SSSR count). The van der Waals surface area contributed by atoms with E-state index in [0.717, 1.165) is 44.9 Å². The van der Waals surface area contributed by atoms with E-state index >= 15 is 0 Å². The number of aliphatic carboxylic acids is 1.